The number of hydrogen-bond acceptors (Lipinski definition) is 0. The monoisotopic (exact) mass is 509 g/mol. The standard InChI is InChI=1S/C39H27N/c1-3-10-29-23-37-33(19-25(29)4-2)35-21-32(28-17-15-27(16-18-28)26-11-6-5-7-12-26)22-36-34-20-30-13-8-9-14-31(30)24-38(34)40(37)39(35)36/h3-24H,2H2,1H3/b10-3-. The number of aromatic nitrogens is 1. The van der Waals surface area contributed by atoms with Crippen molar-refractivity contribution in [1.29, 1.82) is 0 Å². The summed E-state index contributed by atoms with van der Waals surface area (Å²) in [7, 11) is 0. The van der Waals surface area contributed by atoms with Crippen LogP contribution in [-0.4, -0.2) is 4.40 Å². The predicted molar refractivity (Wildman–Crippen MR) is 174 cm³/mol. The summed E-state index contributed by atoms with van der Waals surface area (Å²) < 4.78 is 2.48. The van der Waals surface area contributed by atoms with E-state index in [0.29, 0.717) is 0 Å². The predicted octanol–water partition coefficient (Wildman–Crippen LogP) is 11.0. The molecular weight excluding hydrogens is 482 g/mol. The minimum atomic E-state index is 1.16. The number of hydrogen-bond donors (Lipinski definition) is 0. The second-order valence-electron chi connectivity index (χ2n) is 10.6. The lowest BCUT2D eigenvalue weighted by Gasteiger charge is -2.08. The van der Waals surface area contributed by atoms with Crippen LogP contribution < -0.4 is 0 Å². The molecule has 188 valence electrons. The number of fused-ring (bicyclic) bond motifs is 7. The third-order valence-corrected chi connectivity index (χ3v) is 8.35. The Balaban J connectivity index is 1.47. The molecule has 0 aliphatic heterocycles. The van der Waals surface area contributed by atoms with Gasteiger partial charge in [0.25, 0.3) is 0 Å². The van der Waals surface area contributed by atoms with E-state index in [1.165, 1.54) is 76.7 Å². The van der Waals surface area contributed by atoms with E-state index in [0.717, 1.165) is 5.56 Å². The van der Waals surface area contributed by atoms with Crippen LogP contribution in [0.4, 0.5) is 0 Å². The number of nitrogens with zero attached hydrogens (tertiary/aromatic N) is 1. The van der Waals surface area contributed by atoms with Gasteiger partial charge in [-0.25, -0.2) is 0 Å². The molecule has 0 unspecified atom stereocenters. The summed E-state index contributed by atoms with van der Waals surface area (Å²) in [5.41, 5.74) is 11.1. The van der Waals surface area contributed by atoms with E-state index in [4.69, 9.17) is 0 Å². The first-order valence-corrected chi connectivity index (χ1v) is 13.8. The number of rotatable bonds is 4. The van der Waals surface area contributed by atoms with Crippen molar-refractivity contribution in [2.24, 2.45) is 0 Å². The van der Waals surface area contributed by atoms with Crippen molar-refractivity contribution in [3.63, 3.8) is 0 Å². The van der Waals surface area contributed by atoms with Gasteiger partial charge in [-0.2, -0.15) is 0 Å². The van der Waals surface area contributed by atoms with E-state index >= 15 is 0 Å². The molecule has 0 aliphatic carbocycles. The highest BCUT2D eigenvalue weighted by atomic mass is 14.9. The quantitative estimate of drug-likeness (QED) is 0.222. The van der Waals surface area contributed by atoms with Crippen LogP contribution in [0.5, 0.6) is 0 Å². The van der Waals surface area contributed by atoms with Gasteiger partial charge in [-0.3, -0.25) is 0 Å². The van der Waals surface area contributed by atoms with Gasteiger partial charge in [0, 0.05) is 21.5 Å². The summed E-state index contributed by atoms with van der Waals surface area (Å²) in [4.78, 5) is 0. The molecule has 2 heterocycles. The fourth-order valence-corrected chi connectivity index (χ4v) is 6.46. The van der Waals surface area contributed by atoms with Crippen molar-refractivity contribution in [3.8, 4) is 22.3 Å². The molecule has 2 aromatic heterocycles. The average Bonchev–Trinajstić information content (AvgIpc) is 3.50. The van der Waals surface area contributed by atoms with Gasteiger partial charge in [0.15, 0.2) is 0 Å². The maximum atomic E-state index is 4.13. The third kappa shape index (κ3) is 3.28. The first kappa shape index (κ1) is 22.8. The van der Waals surface area contributed by atoms with E-state index in [1.807, 2.05) is 6.08 Å². The fraction of sp³-hybridized carbons (Fsp3) is 0.0256. The smallest absolute Gasteiger partial charge is 0.0620 e. The van der Waals surface area contributed by atoms with E-state index in [9.17, 15) is 0 Å². The molecule has 1 heteroatoms. The first-order chi connectivity index (χ1) is 19.7. The van der Waals surface area contributed by atoms with Crippen LogP contribution in [-0.2, 0) is 0 Å². The first-order valence-electron chi connectivity index (χ1n) is 13.8. The lowest BCUT2D eigenvalue weighted by Crippen LogP contribution is -1.85. The van der Waals surface area contributed by atoms with Crippen LogP contribution >= 0.6 is 0 Å². The Morgan fingerprint density at radius 2 is 1.10 bits per heavy atom. The van der Waals surface area contributed by atoms with Gasteiger partial charge in [0.2, 0.25) is 0 Å². The Labute approximate surface area is 233 Å². The SMILES string of the molecule is C=Cc1cc2c3cc(-c4ccc(-c5ccccc5)cc4)cc4c5cc6ccccc6cc5n(c2cc1/C=C\C)c34. The van der Waals surface area contributed by atoms with Crippen molar-refractivity contribution >= 4 is 61.0 Å². The van der Waals surface area contributed by atoms with Gasteiger partial charge in [0.05, 0.1) is 16.6 Å². The summed E-state index contributed by atoms with van der Waals surface area (Å²) in [6.45, 7) is 6.20. The second-order valence-corrected chi connectivity index (χ2v) is 10.6. The van der Waals surface area contributed by atoms with Gasteiger partial charge in [0.1, 0.15) is 0 Å². The highest BCUT2D eigenvalue weighted by molar-refractivity contribution is 6.26. The zero-order valence-corrected chi connectivity index (χ0v) is 22.4. The summed E-state index contributed by atoms with van der Waals surface area (Å²) in [6.07, 6.45) is 6.25. The molecular formula is C39H27N. The van der Waals surface area contributed by atoms with Crippen molar-refractivity contribution in [2.45, 2.75) is 6.92 Å². The molecule has 8 aromatic rings. The minimum Gasteiger partial charge on any atom is -0.308 e. The fourth-order valence-electron chi connectivity index (χ4n) is 6.46. The topological polar surface area (TPSA) is 4.41 Å². The summed E-state index contributed by atoms with van der Waals surface area (Å²) in [6, 6.07) is 42.4. The van der Waals surface area contributed by atoms with Crippen LogP contribution in [0.15, 0.2) is 128 Å². The second kappa shape index (κ2) is 8.69. The van der Waals surface area contributed by atoms with Gasteiger partial charge in [-0.15, -0.1) is 0 Å². The van der Waals surface area contributed by atoms with Crippen LogP contribution in [0.3, 0.4) is 0 Å². The van der Waals surface area contributed by atoms with Crippen LogP contribution in [0.25, 0.3) is 83.3 Å². The van der Waals surface area contributed by atoms with Gasteiger partial charge < -0.3 is 4.40 Å². The van der Waals surface area contributed by atoms with Crippen LogP contribution in [0, 0.1) is 0 Å². The van der Waals surface area contributed by atoms with Crippen molar-refractivity contribution in [1.82, 2.24) is 4.40 Å². The van der Waals surface area contributed by atoms with Crippen LogP contribution in [0.1, 0.15) is 18.1 Å². The highest BCUT2D eigenvalue weighted by Crippen LogP contribution is 2.43. The number of benzene rings is 6. The molecule has 0 N–H and O–H groups in total. The van der Waals surface area contributed by atoms with E-state index in [2.05, 4.69) is 145 Å². The van der Waals surface area contributed by atoms with Gasteiger partial charge in [-0.1, -0.05) is 104 Å². The molecule has 40 heavy (non-hydrogen) atoms. The molecule has 0 saturated heterocycles. The molecule has 0 bridgehead atoms. The van der Waals surface area contributed by atoms with Gasteiger partial charge in [-0.05, 0) is 87.5 Å². The van der Waals surface area contributed by atoms with Crippen LogP contribution in [0.2, 0.25) is 0 Å². The molecule has 0 amide bonds. The average molecular weight is 510 g/mol. The Kier molecular flexibility index (Phi) is 4.96. The maximum Gasteiger partial charge on any atom is 0.0620 e. The lowest BCUT2D eigenvalue weighted by atomic mass is 9.96. The molecule has 1 nitrogen and oxygen atoms in total. The molecule has 6 aromatic carbocycles. The molecule has 8 rings (SSSR count). The molecule has 0 aliphatic rings. The van der Waals surface area contributed by atoms with E-state index in [-0.39, 0.29) is 0 Å². The molecule has 0 radical (unpaired) electrons. The number of allylic oxidation sites excluding steroid dienone is 1. The van der Waals surface area contributed by atoms with E-state index < -0.39 is 0 Å². The zero-order valence-electron chi connectivity index (χ0n) is 22.4. The summed E-state index contributed by atoms with van der Waals surface area (Å²) >= 11 is 0. The Morgan fingerprint density at radius 3 is 1.77 bits per heavy atom. The third-order valence-electron chi connectivity index (χ3n) is 8.35. The summed E-state index contributed by atoms with van der Waals surface area (Å²) in [5, 5.41) is 7.67. The normalized spacial score (nSPS) is 12.1. The Morgan fingerprint density at radius 1 is 0.525 bits per heavy atom. The maximum absolute atomic E-state index is 4.13. The minimum absolute atomic E-state index is 1.16. The van der Waals surface area contributed by atoms with Crippen molar-refractivity contribution < 1.29 is 0 Å². The molecule has 0 spiro atoms. The molecule has 0 saturated carbocycles. The largest absolute Gasteiger partial charge is 0.308 e. The van der Waals surface area contributed by atoms with Crippen molar-refractivity contribution in [2.75, 3.05) is 0 Å². The van der Waals surface area contributed by atoms with E-state index in [1.54, 1.807) is 0 Å². The zero-order chi connectivity index (χ0) is 26.8. The summed E-state index contributed by atoms with van der Waals surface area (Å²) in [5.74, 6) is 0. The lowest BCUT2D eigenvalue weighted by molar-refractivity contribution is 1.37. The van der Waals surface area contributed by atoms with Crippen molar-refractivity contribution in [3.05, 3.63) is 139 Å². The molecule has 0 atom stereocenters. The van der Waals surface area contributed by atoms with Gasteiger partial charge >= 0.3 is 0 Å². The molecule has 0 fully saturated rings. The Hall–Kier alpha value is -5.14. The highest BCUT2D eigenvalue weighted by Gasteiger charge is 2.20. The Bertz CT molecular complexity index is 2260.